The lowest BCUT2D eigenvalue weighted by Gasteiger charge is -2.26. The van der Waals surface area contributed by atoms with E-state index < -0.39 is 11.5 Å². The molecule has 0 spiro atoms. The Morgan fingerprint density at radius 1 is 1.27 bits per heavy atom. The minimum absolute atomic E-state index is 0.0592. The predicted molar refractivity (Wildman–Crippen MR) is 124 cm³/mol. The van der Waals surface area contributed by atoms with Gasteiger partial charge < -0.3 is 15.3 Å². The van der Waals surface area contributed by atoms with E-state index in [1.807, 2.05) is 18.7 Å². The molecule has 1 aliphatic carbocycles. The zero-order valence-corrected chi connectivity index (χ0v) is 19.8. The van der Waals surface area contributed by atoms with Gasteiger partial charge in [-0.05, 0) is 43.6 Å². The van der Waals surface area contributed by atoms with Crippen LogP contribution in [0.3, 0.4) is 0 Å². The van der Waals surface area contributed by atoms with E-state index in [-0.39, 0.29) is 35.4 Å². The molecule has 2 aliphatic rings. The van der Waals surface area contributed by atoms with Gasteiger partial charge in [0, 0.05) is 24.7 Å². The van der Waals surface area contributed by atoms with Crippen LogP contribution in [0.15, 0.2) is 17.1 Å². The van der Waals surface area contributed by atoms with Crippen LogP contribution in [0.5, 0.6) is 5.88 Å². The van der Waals surface area contributed by atoms with Crippen molar-refractivity contribution in [2.24, 2.45) is 11.8 Å². The van der Waals surface area contributed by atoms with Gasteiger partial charge >= 0.3 is 17.1 Å². The van der Waals surface area contributed by atoms with E-state index in [1.165, 1.54) is 10.6 Å². The molecule has 9 heteroatoms. The summed E-state index contributed by atoms with van der Waals surface area (Å²) in [6, 6.07) is 0.291. The van der Waals surface area contributed by atoms with E-state index in [9.17, 15) is 19.5 Å². The molecular weight excluding hydrogens is 422 g/mol. The molecule has 4 rings (SSSR count). The van der Waals surface area contributed by atoms with Gasteiger partial charge in [-0.2, -0.15) is 4.57 Å². The van der Waals surface area contributed by atoms with Crippen LogP contribution in [0.1, 0.15) is 69.3 Å². The number of rotatable bonds is 7. The Labute approximate surface area is 193 Å². The predicted octanol–water partition coefficient (Wildman–Crippen LogP) is 1.83. The maximum atomic E-state index is 13.1. The fraction of sp³-hybridized carbons (Fsp3) is 0.583. The molecule has 3 heterocycles. The summed E-state index contributed by atoms with van der Waals surface area (Å²) in [6.45, 7) is 9.37. The van der Waals surface area contributed by atoms with Gasteiger partial charge in [-0.3, -0.25) is 9.59 Å². The summed E-state index contributed by atoms with van der Waals surface area (Å²) < 4.78 is 2.84. The second-order valence-corrected chi connectivity index (χ2v) is 9.96. The van der Waals surface area contributed by atoms with Crippen molar-refractivity contribution in [2.45, 2.75) is 72.0 Å². The molecule has 2 fully saturated rings. The van der Waals surface area contributed by atoms with Crippen LogP contribution in [0.4, 0.5) is 0 Å². The van der Waals surface area contributed by atoms with E-state index in [0.29, 0.717) is 23.7 Å². The lowest BCUT2D eigenvalue weighted by molar-refractivity contribution is -0.686. The minimum Gasteiger partial charge on any atom is -0.477 e. The first kappa shape index (κ1) is 23.1. The van der Waals surface area contributed by atoms with Gasteiger partial charge in [-0.15, -0.1) is 0 Å². The minimum atomic E-state index is -0.619. The van der Waals surface area contributed by atoms with Crippen LogP contribution in [-0.4, -0.2) is 50.1 Å². The molecule has 1 aliphatic heterocycles. The molecule has 0 aromatic carbocycles. The second-order valence-electron chi connectivity index (χ2n) is 9.96. The molecule has 3 N–H and O–H groups in total. The van der Waals surface area contributed by atoms with Gasteiger partial charge in [0.1, 0.15) is 0 Å². The first-order valence-electron chi connectivity index (χ1n) is 11.9. The van der Waals surface area contributed by atoms with Crippen molar-refractivity contribution in [3.63, 3.8) is 0 Å². The lowest BCUT2D eigenvalue weighted by Crippen LogP contribution is -2.46. The molecule has 0 radical (unpaired) electrons. The Morgan fingerprint density at radius 2 is 2.00 bits per heavy atom. The zero-order chi connectivity index (χ0) is 23.9. The van der Waals surface area contributed by atoms with E-state index in [4.69, 9.17) is 0 Å². The third-order valence-corrected chi connectivity index (χ3v) is 6.42. The number of carbonyl (C=O) groups excluding carboxylic acids is 2. The first-order chi connectivity index (χ1) is 15.7. The summed E-state index contributed by atoms with van der Waals surface area (Å²) in [7, 11) is 0. The van der Waals surface area contributed by atoms with Gasteiger partial charge in [0.25, 0.3) is 5.91 Å². The molecule has 1 atom stereocenters. The van der Waals surface area contributed by atoms with Gasteiger partial charge in [-0.25, -0.2) is 9.89 Å². The van der Waals surface area contributed by atoms with E-state index in [1.54, 1.807) is 16.8 Å². The topological polar surface area (TPSA) is 111 Å². The number of carbonyl (C=O) groups is 2. The maximum absolute atomic E-state index is 13.1. The van der Waals surface area contributed by atoms with Gasteiger partial charge in [0.15, 0.2) is 0 Å². The van der Waals surface area contributed by atoms with Crippen molar-refractivity contribution in [3.05, 3.63) is 33.8 Å². The SMILES string of the molecule is CC(C)C[n+]1c(O)c(C(=O)NC2CC2)c(=O)n2[nH]cc(/C=C/C(=O)N3CCC[C@@H]3C(C)C)c21. The molecule has 33 heavy (non-hydrogen) atoms. The highest BCUT2D eigenvalue weighted by Gasteiger charge is 2.34. The highest BCUT2D eigenvalue weighted by molar-refractivity contribution is 5.96. The van der Waals surface area contributed by atoms with Gasteiger partial charge in [0.05, 0.1) is 18.3 Å². The number of hydrogen-bond donors (Lipinski definition) is 3. The average molecular weight is 457 g/mol. The van der Waals surface area contributed by atoms with Crippen LogP contribution in [0.2, 0.25) is 0 Å². The molecule has 9 nitrogen and oxygen atoms in total. The Morgan fingerprint density at radius 3 is 2.64 bits per heavy atom. The van der Waals surface area contributed by atoms with Gasteiger partial charge in [-0.1, -0.05) is 32.2 Å². The smallest absolute Gasteiger partial charge is 0.378 e. The Hall–Kier alpha value is -3.10. The average Bonchev–Trinajstić information content (AvgIpc) is 3.25. The molecule has 2 aromatic rings. The molecule has 2 amide bonds. The highest BCUT2D eigenvalue weighted by atomic mass is 16.3. The first-order valence-corrected chi connectivity index (χ1v) is 11.9. The number of aromatic hydroxyl groups is 1. The molecule has 2 aromatic heterocycles. The Balaban J connectivity index is 1.74. The summed E-state index contributed by atoms with van der Waals surface area (Å²) in [6.07, 6.45) is 8.57. The number of H-pyrrole nitrogens is 1. The number of nitrogens with zero attached hydrogens (tertiary/aromatic N) is 3. The Bertz CT molecular complexity index is 1160. The standard InChI is InChI=1S/C24H33N5O4/c1-14(2)13-28-22-16(7-10-19(30)27-11-5-6-18(27)15(3)4)12-25-29(22)24(33)20(23(28)32)21(31)26-17-8-9-17/h7,10,12,14-15,17-18H,5-6,8-9,11,13H2,1-4H3,(H2,26,31,32,33)/p+1/b10-7+/t18-/m1/s1. The molecule has 0 bridgehead atoms. The van der Waals surface area contributed by atoms with Crippen molar-refractivity contribution in [1.29, 1.82) is 0 Å². The number of hydrogen-bond acceptors (Lipinski definition) is 4. The summed E-state index contributed by atoms with van der Waals surface area (Å²) in [5, 5.41) is 16.7. The van der Waals surface area contributed by atoms with Crippen molar-refractivity contribution in [1.82, 2.24) is 19.8 Å². The number of amides is 2. The van der Waals surface area contributed by atoms with Crippen LogP contribution in [-0.2, 0) is 11.3 Å². The Kier molecular flexibility index (Phi) is 6.32. The summed E-state index contributed by atoms with van der Waals surface area (Å²) in [4.78, 5) is 40.6. The monoisotopic (exact) mass is 456 g/mol. The van der Waals surface area contributed by atoms with Crippen LogP contribution in [0, 0.1) is 11.8 Å². The van der Waals surface area contributed by atoms with Crippen LogP contribution >= 0.6 is 0 Å². The quantitative estimate of drug-likeness (QED) is 0.436. The second kappa shape index (κ2) is 9.03. The number of aromatic amines is 1. The molecule has 178 valence electrons. The fourth-order valence-electron chi connectivity index (χ4n) is 4.62. The van der Waals surface area contributed by atoms with Crippen LogP contribution in [0.25, 0.3) is 11.7 Å². The number of nitrogens with one attached hydrogen (secondary N) is 2. The normalized spacial score (nSPS) is 18.8. The fourth-order valence-corrected chi connectivity index (χ4v) is 4.62. The number of likely N-dealkylation sites (tertiary alicyclic amines) is 1. The molecule has 0 unspecified atom stereocenters. The van der Waals surface area contributed by atoms with Crippen LogP contribution < -0.4 is 15.4 Å². The molecule has 1 saturated heterocycles. The summed E-state index contributed by atoms with van der Waals surface area (Å²) >= 11 is 0. The summed E-state index contributed by atoms with van der Waals surface area (Å²) in [5.41, 5.74) is 0.113. The van der Waals surface area contributed by atoms with Crippen molar-refractivity contribution < 1.29 is 19.3 Å². The number of fused-ring (bicyclic) bond motifs is 1. The van der Waals surface area contributed by atoms with E-state index in [2.05, 4.69) is 24.3 Å². The number of aromatic nitrogens is 3. The van der Waals surface area contributed by atoms with Crippen molar-refractivity contribution >= 4 is 23.5 Å². The zero-order valence-electron chi connectivity index (χ0n) is 19.8. The highest BCUT2D eigenvalue weighted by Crippen LogP contribution is 2.24. The third kappa shape index (κ3) is 4.54. The molecule has 1 saturated carbocycles. The van der Waals surface area contributed by atoms with E-state index in [0.717, 1.165) is 32.2 Å². The van der Waals surface area contributed by atoms with Gasteiger partial charge in [0.2, 0.25) is 11.5 Å². The lowest BCUT2D eigenvalue weighted by atomic mass is 10.0. The van der Waals surface area contributed by atoms with Crippen molar-refractivity contribution in [3.8, 4) is 5.88 Å². The summed E-state index contributed by atoms with van der Waals surface area (Å²) in [5.74, 6) is -0.449. The van der Waals surface area contributed by atoms with Crippen molar-refractivity contribution in [2.75, 3.05) is 6.54 Å². The largest absolute Gasteiger partial charge is 0.477 e. The van der Waals surface area contributed by atoms with E-state index >= 15 is 0 Å². The third-order valence-electron chi connectivity index (χ3n) is 6.42. The maximum Gasteiger partial charge on any atom is 0.378 e. The molecular formula is C24H34N5O4+.